The molecule has 0 N–H and O–H groups in total. The maximum atomic E-state index is 5.38. The summed E-state index contributed by atoms with van der Waals surface area (Å²) in [6.07, 6.45) is 4.64. The molecule has 1 aliphatic heterocycles. The number of likely N-dealkylation sites (N-methyl/N-ethyl adjacent to an activating group) is 1. The Kier molecular flexibility index (Phi) is 1.90. The molecule has 0 radical (unpaired) electrons. The van der Waals surface area contributed by atoms with Crippen LogP contribution in [0.15, 0.2) is 0 Å². The van der Waals surface area contributed by atoms with Crippen molar-refractivity contribution in [1.82, 2.24) is 4.90 Å². The molecule has 1 saturated heterocycles. The second-order valence-electron chi connectivity index (χ2n) is 3.88. The van der Waals surface area contributed by atoms with E-state index in [-0.39, 0.29) is 0 Å². The van der Waals surface area contributed by atoms with Gasteiger partial charge in [-0.1, -0.05) is 0 Å². The first-order valence-corrected chi connectivity index (χ1v) is 4.56. The van der Waals surface area contributed by atoms with Crippen LogP contribution in [0.1, 0.15) is 19.3 Å². The zero-order chi connectivity index (χ0) is 7.84. The van der Waals surface area contributed by atoms with Gasteiger partial charge >= 0.3 is 0 Å². The van der Waals surface area contributed by atoms with Crippen LogP contribution in [-0.2, 0) is 4.74 Å². The molecule has 0 aromatic rings. The van der Waals surface area contributed by atoms with Gasteiger partial charge in [0.1, 0.15) is 0 Å². The Labute approximate surface area is 68.5 Å². The van der Waals surface area contributed by atoms with Crippen molar-refractivity contribution >= 4 is 0 Å². The van der Waals surface area contributed by atoms with Crippen molar-refractivity contribution in [3.05, 3.63) is 0 Å². The molecular formula is C9H17NO. The molecule has 2 fully saturated rings. The van der Waals surface area contributed by atoms with E-state index in [1.807, 2.05) is 7.11 Å². The number of hydrogen-bond acceptors (Lipinski definition) is 2. The predicted octanol–water partition coefficient (Wildman–Crippen LogP) is 1.12. The number of hydrogen-bond donors (Lipinski definition) is 0. The minimum absolute atomic E-state index is 0.533. The van der Waals surface area contributed by atoms with Crippen LogP contribution in [0, 0.1) is 5.92 Å². The Morgan fingerprint density at radius 3 is 2.91 bits per heavy atom. The lowest BCUT2D eigenvalue weighted by molar-refractivity contribution is -0.102. The molecule has 2 heteroatoms. The highest BCUT2D eigenvalue weighted by molar-refractivity contribution is 4.98. The minimum Gasteiger partial charge on any atom is -0.380 e. The molecule has 1 aliphatic carbocycles. The van der Waals surface area contributed by atoms with Gasteiger partial charge in [-0.15, -0.1) is 0 Å². The fourth-order valence-electron chi connectivity index (χ4n) is 2.60. The van der Waals surface area contributed by atoms with E-state index in [2.05, 4.69) is 11.9 Å². The highest BCUT2D eigenvalue weighted by Gasteiger charge is 2.44. The van der Waals surface area contributed by atoms with Crippen LogP contribution < -0.4 is 0 Å². The van der Waals surface area contributed by atoms with E-state index in [1.54, 1.807) is 0 Å². The number of rotatable bonds is 1. The maximum Gasteiger partial charge on any atom is 0.0732 e. The molecule has 1 saturated carbocycles. The monoisotopic (exact) mass is 155 g/mol. The van der Waals surface area contributed by atoms with Crippen molar-refractivity contribution in [3.63, 3.8) is 0 Å². The molecule has 1 heterocycles. The normalized spacial score (nSPS) is 44.7. The van der Waals surface area contributed by atoms with E-state index < -0.39 is 0 Å². The number of ether oxygens (including phenoxy) is 1. The van der Waals surface area contributed by atoms with E-state index in [4.69, 9.17) is 4.74 Å². The van der Waals surface area contributed by atoms with Gasteiger partial charge in [-0.2, -0.15) is 0 Å². The first kappa shape index (κ1) is 7.56. The smallest absolute Gasteiger partial charge is 0.0732 e. The average molecular weight is 155 g/mol. The summed E-state index contributed by atoms with van der Waals surface area (Å²) >= 11 is 0. The van der Waals surface area contributed by atoms with E-state index in [0.29, 0.717) is 6.10 Å². The molecule has 2 nitrogen and oxygen atoms in total. The van der Waals surface area contributed by atoms with Gasteiger partial charge in [-0.25, -0.2) is 0 Å². The zero-order valence-electron chi connectivity index (χ0n) is 7.42. The predicted molar refractivity (Wildman–Crippen MR) is 44.6 cm³/mol. The lowest BCUT2D eigenvalue weighted by atomic mass is 9.71. The molecule has 0 aromatic heterocycles. The molecule has 3 unspecified atom stereocenters. The summed E-state index contributed by atoms with van der Waals surface area (Å²) in [5.41, 5.74) is 0. The van der Waals surface area contributed by atoms with Gasteiger partial charge in [-0.3, -0.25) is 0 Å². The minimum atomic E-state index is 0.533. The molecule has 64 valence electrons. The van der Waals surface area contributed by atoms with Gasteiger partial charge in [-0.05, 0) is 38.8 Å². The van der Waals surface area contributed by atoms with Gasteiger partial charge < -0.3 is 9.64 Å². The number of methoxy groups -OCH3 is 1. The van der Waals surface area contributed by atoms with Gasteiger partial charge in [0, 0.05) is 13.2 Å². The fourth-order valence-corrected chi connectivity index (χ4v) is 2.60. The summed E-state index contributed by atoms with van der Waals surface area (Å²) in [6, 6.07) is 0.744. The molecule has 2 aliphatic rings. The quantitative estimate of drug-likeness (QED) is 0.562. The molecular weight excluding hydrogens is 138 g/mol. The van der Waals surface area contributed by atoms with Crippen molar-refractivity contribution in [1.29, 1.82) is 0 Å². The van der Waals surface area contributed by atoms with Crippen LogP contribution in [0.4, 0.5) is 0 Å². The number of piperidine rings is 1. The lowest BCUT2D eigenvalue weighted by Gasteiger charge is -2.51. The molecule has 0 spiro atoms. The van der Waals surface area contributed by atoms with Gasteiger partial charge in [0.05, 0.1) is 6.10 Å². The lowest BCUT2D eigenvalue weighted by Crippen LogP contribution is -2.59. The van der Waals surface area contributed by atoms with Crippen LogP contribution in [-0.4, -0.2) is 37.7 Å². The standard InChI is InChI=1S/C9H17NO/c1-10-5-3-4-7-6-8(11-2)9(7)10/h7-9H,3-6H2,1-2H3. The fraction of sp³-hybridized carbons (Fsp3) is 1.00. The van der Waals surface area contributed by atoms with Gasteiger partial charge in [0.2, 0.25) is 0 Å². The van der Waals surface area contributed by atoms with Crippen molar-refractivity contribution in [2.45, 2.75) is 31.4 Å². The third-order valence-electron chi connectivity index (χ3n) is 3.30. The summed E-state index contributed by atoms with van der Waals surface area (Å²) in [4.78, 5) is 2.46. The van der Waals surface area contributed by atoms with Crippen molar-refractivity contribution in [2.24, 2.45) is 5.92 Å². The van der Waals surface area contributed by atoms with E-state index in [9.17, 15) is 0 Å². The SMILES string of the molecule is COC1CC2CCCN(C)C21. The van der Waals surface area contributed by atoms with Crippen LogP contribution in [0.3, 0.4) is 0 Å². The Hall–Kier alpha value is -0.0800. The molecule has 0 aromatic carbocycles. The average Bonchev–Trinajstić information content (AvgIpc) is 1.93. The van der Waals surface area contributed by atoms with Crippen LogP contribution >= 0.6 is 0 Å². The first-order chi connectivity index (χ1) is 5.33. The molecule has 3 atom stereocenters. The topological polar surface area (TPSA) is 12.5 Å². The first-order valence-electron chi connectivity index (χ1n) is 4.56. The highest BCUT2D eigenvalue weighted by atomic mass is 16.5. The van der Waals surface area contributed by atoms with Crippen LogP contribution in [0.25, 0.3) is 0 Å². The van der Waals surface area contributed by atoms with Gasteiger partial charge in [0.25, 0.3) is 0 Å². The number of fused-ring (bicyclic) bond motifs is 1. The summed E-state index contributed by atoms with van der Waals surface area (Å²) in [7, 11) is 4.06. The summed E-state index contributed by atoms with van der Waals surface area (Å²) in [5.74, 6) is 0.943. The number of likely N-dealkylation sites (tertiary alicyclic amines) is 1. The number of nitrogens with zero attached hydrogens (tertiary/aromatic N) is 1. The van der Waals surface area contributed by atoms with Crippen LogP contribution in [0.2, 0.25) is 0 Å². The van der Waals surface area contributed by atoms with E-state index >= 15 is 0 Å². The molecule has 2 rings (SSSR count). The van der Waals surface area contributed by atoms with E-state index in [0.717, 1.165) is 12.0 Å². The second kappa shape index (κ2) is 2.76. The summed E-state index contributed by atoms with van der Waals surface area (Å²) in [6.45, 7) is 1.26. The summed E-state index contributed by atoms with van der Waals surface area (Å²) in [5, 5.41) is 0. The second-order valence-corrected chi connectivity index (χ2v) is 3.88. The highest BCUT2D eigenvalue weighted by Crippen LogP contribution is 2.39. The largest absolute Gasteiger partial charge is 0.380 e. The Morgan fingerprint density at radius 1 is 1.45 bits per heavy atom. The van der Waals surface area contributed by atoms with Crippen LogP contribution in [0.5, 0.6) is 0 Å². The van der Waals surface area contributed by atoms with Gasteiger partial charge in [0.15, 0.2) is 0 Å². The molecule has 0 amide bonds. The Balaban J connectivity index is 1.97. The molecule has 0 bridgehead atoms. The summed E-state index contributed by atoms with van der Waals surface area (Å²) < 4.78 is 5.38. The third-order valence-corrected chi connectivity index (χ3v) is 3.30. The van der Waals surface area contributed by atoms with Crippen molar-refractivity contribution in [3.8, 4) is 0 Å². The van der Waals surface area contributed by atoms with E-state index in [1.165, 1.54) is 25.8 Å². The molecule has 11 heavy (non-hydrogen) atoms. The zero-order valence-corrected chi connectivity index (χ0v) is 7.42. The Bertz CT molecular complexity index is 138. The third kappa shape index (κ3) is 1.09. The van der Waals surface area contributed by atoms with Crippen molar-refractivity contribution < 1.29 is 4.74 Å². The maximum absolute atomic E-state index is 5.38. The van der Waals surface area contributed by atoms with Crippen molar-refractivity contribution in [2.75, 3.05) is 20.7 Å². The Morgan fingerprint density at radius 2 is 2.27 bits per heavy atom.